The lowest BCUT2D eigenvalue weighted by Gasteiger charge is -2.02. The number of benzene rings is 1. The largest absolute Gasteiger partial charge is 0.469 e. The third-order valence-corrected chi connectivity index (χ3v) is 3.54. The Balaban J connectivity index is 2.02. The molecule has 0 aliphatic rings. The lowest BCUT2D eigenvalue weighted by atomic mass is 10.2. The number of ether oxygens (including phenoxy) is 1. The van der Waals surface area contributed by atoms with Crippen molar-refractivity contribution in [3.63, 3.8) is 0 Å². The van der Waals surface area contributed by atoms with Crippen LogP contribution in [0.3, 0.4) is 0 Å². The number of rotatable bonds is 5. The van der Waals surface area contributed by atoms with Crippen molar-refractivity contribution in [2.75, 3.05) is 12.9 Å². The first-order valence-electron chi connectivity index (χ1n) is 5.89. The lowest BCUT2D eigenvalue weighted by molar-refractivity contribution is -0.140. The number of hydrogen-bond acceptors (Lipinski definition) is 5. The number of fused-ring (bicyclic) bond motifs is 1. The number of methoxy groups -OCH3 is 1. The van der Waals surface area contributed by atoms with Gasteiger partial charge in [0.05, 0.1) is 18.0 Å². The van der Waals surface area contributed by atoms with E-state index in [1.165, 1.54) is 18.9 Å². The number of hydrogen-bond donors (Lipinski definition) is 1. The van der Waals surface area contributed by atoms with Gasteiger partial charge in [0.15, 0.2) is 5.16 Å². The van der Waals surface area contributed by atoms with Gasteiger partial charge >= 0.3 is 5.97 Å². The summed E-state index contributed by atoms with van der Waals surface area (Å²) in [4.78, 5) is 29.8. The van der Waals surface area contributed by atoms with Crippen molar-refractivity contribution < 1.29 is 9.53 Å². The van der Waals surface area contributed by atoms with E-state index in [0.29, 0.717) is 34.7 Å². The van der Waals surface area contributed by atoms with Crippen molar-refractivity contribution in [2.45, 2.75) is 18.0 Å². The Bertz CT molecular complexity index is 639. The van der Waals surface area contributed by atoms with Gasteiger partial charge in [-0.2, -0.15) is 0 Å². The third-order valence-electron chi connectivity index (χ3n) is 2.58. The summed E-state index contributed by atoms with van der Waals surface area (Å²) in [5, 5.41) is 1.16. The number of para-hydroxylation sites is 1. The zero-order valence-corrected chi connectivity index (χ0v) is 11.3. The van der Waals surface area contributed by atoms with E-state index in [1.807, 2.05) is 18.2 Å². The van der Waals surface area contributed by atoms with E-state index in [1.54, 1.807) is 6.07 Å². The van der Waals surface area contributed by atoms with Gasteiger partial charge < -0.3 is 9.72 Å². The molecule has 1 heterocycles. The van der Waals surface area contributed by atoms with Gasteiger partial charge in [0.2, 0.25) is 0 Å². The van der Waals surface area contributed by atoms with Crippen molar-refractivity contribution in [1.29, 1.82) is 0 Å². The summed E-state index contributed by atoms with van der Waals surface area (Å²) in [6.07, 6.45) is 1.06. The maximum Gasteiger partial charge on any atom is 0.305 e. The van der Waals surface area contributed by atoms with Gasteiger partial charge in [-0.1, -0.05) is 23.9 Å². The Kier molecular flexibility index (Phi) is 4.57. The molecule has 0 aliphatic carbocycles. The molecule has 2 aromatic rings. The van der Waals surface area contributed by atoms with Crippen molar-refractivity contribution in [3.05, 3.63) is 34.6 Å². The van der Waals surface area contributed by atoms with E-state index >= 15 is 0 Å². The molecule has 0 unspecified atom stereocenters. The molecule has 1 aromatic carbocycles. The number of aromatic amines is 1. The summed E-state index contributed by atoms with van der Waals surface area (Å²) in [7, 11) is 1.37. The first-order chi connectivity index (χ1) is 9.20. The minimum absolute atomic E-state index is 0.138. The Morgan fingerprint density at radius 2 is 2.21 bits per heavy atom. The predicted octanol–water partition coefficient (Wildman–Crippen LogP) is 1.97. The molecular weight excluding hydrogens is 264 g/mol. The average Bonchev–Trinajstić information content (AvgIpc) is 2.43. The molecule has 0 radical (unpaired) electrons. The number of thioether (sulfide) groups is 1. The fourth-order valence-electron chi connectivity index (χ4n) is 1.62. The van der Waals surface area contributed by atoms with Crippen LogP contribution in [0.2, 0.25) is 0 Å². The topological polar surface area (TPSA) is 72.0 Å². The summed E-state index contributed by atoms with van der Waals surface area (Å²) in [6, 6.07) is 7.21. The molecule has 0 spiro atoms. The van der Waals surface area contributed by atoms with Crippen molar-refractivity contribution in [1.82, 2.24) is 9.97 Å². The first-order valence-corrected chi connectivity index (χ1v) is 6.88. The number of aromatic nitrogens is 2. The van der Waals surface area contributed by atoms with Crippen molar-refractivity contribution in [2.24, 2.45) is 0 Å². The molecule has 0 fully saturated rings. The maximum atomic E-state index is 11.8. The molecule has 0 saturated heterocycles. The molecule has 1 N–H and O–H groups in total. The van der Waals surface area contributed by atoms with Crippen LogP contribution >= 0.6 is 11.8 Å². The average molecular weight is 278 g/mol. The Labute approximate surface area is 114 Å². The second-order valence-electron chi connectivity index (χ2n) is 3.92. The maximum absolute atomic E-state index is 11.8. The molecular formula is C13H14N2O3S. The summed E-state index contributed by atoms with van der Waals surface area (Å²) in [6.45, 7) is 0. The molecule has 0 saturated carbocycles. The summed E-state index contributed by atoms with van der Waals surface area (Å²) in [5.74, 6) is 0.483. The molecule has 0 atom stereocenters. The van der Waals surface area contributed by atoms with Gasteiger partial charge in [-0.15, -0.1) is 0 Å². The second-order valence-corrected chi connectivity index (χ2v) is 5.00. The summed E-state index contributed by atoms with van der Waals surface area (Å²) < 4.78 is 4.56. The van der Waals surface area contributed by atoms with Crippen LogP contribution in [-0.4, -0.2) is 28.8 Å². The first kappa shape index (κ1) is 13.6. The van der Waals surface area contributed by atoms with Crippen LogP contribution in [0.5, 0.6) is 0 Å². The van der Waals surface area contributed by atoms with Crippen LogP contribution in [0.25, 0.3) is 10.9 Å². The Morgan fingerprint density at radius 1 is 1.42 bits per heavy atom. The summed E-state index contributed by atoms with van der Waals surface area (Å²) >= 11 is 1.43. The monoisotopic (exact) mass is 278 g/mol. The quantitative estimate of drug-likeness (QED) is 0.392. The van der Waals surface area contributed by atoms with Gasteiger partial charge in [0.25, 0.3) is 5.56 Å². The molecule has 0 aliphatic heterocycles. The highest BCUT2D eigenvalue weighted by atomic mass is 32.2. The summed E-state index contributed by atoms with van der Waals surface area (Å²) in [5.41, 5.74) is 0.544. The van der Waals surface area contributed by atoms with Crippen LogP contribution in [0, 0.1) is 0 Å². The predicted molar refractivity (Wildman–Crippen MR) is 74.3 cm³/mol. The van der Waals surface area contributed by atoms with E-state index in [0.717, 1.165) is 0 Å². The lowest BCUT2D eigenvalue weighted by Crippen LogP contribution is -2.09. The zero-order chi connectivity index (χ0) is 13.7. The minimum Gasteiger partial charge on any atom is -0.469 e. The normalized spacial score (nSPS) is 10.6. The zero-order valence-electron chi connectivity index (χ0n) is 10.5. The van der Waals surface area contributed by atoms with Gasteiger partial charge in [0, 0.05) is 12.2 Å². The fourth-order valence-corrected chi connectivity index (χ4v) is 2.43. The Hall–Kier alpha value is -1.82. The van der Waals surface area contributed by atoms with E-state index in [4.69, 9.17) is 0 Å². The van der Waals surface area contributed by atoms with Crippen LogP contribution in [-0.2, 0) is 9.53 Å². The molecule has 0 amide bonds. The number of nitrogens with one attached hydrogen (secondary N) is 1. The molecule has 1 aromatic heterocycles. The Morgan fingerprint density at radius 3 is 3.00 bits per heavy atom. The number of esters is 1. The molecule has 0 bridgehead atoms. The standard InChI is InChI=1S/C13H14N2O3S/c1-18-11(16)7-4-8-19-13-14-10-6-3-2-5-9(10)12(17)15-13/h2-3,5-6H,4,7-8H2,1H3,(H,14,15,17). The molecule has 2 rings (SSSR count). The smallest absolute Gasteiger partial charge is 0.305 e. The fraction of sp³-hybridized carbons (Fsp3) is 0.308. The van der Waals surface area contributed by atoms with Gasteiger partial charge in [-0.25, -0.2) is 4.98 Å². The van der Waals surface area contributed by atoms with Crippen molar-refractivity contribution in [3.8, 4) is 0 Å². The SMILES string of the molecule is COC(=O)CCCSc1nc2ccccc2c(=O)[nH]1. The number of nitrogens with zero attached hydrogens (tertiary/aromatic N) is 1. The van der Waals surface area contributed by atoms with Crippen LogP contribution in [0.15, 0.2) is 34.2 Å². The third kappa shape index (κ3) is 3.57. The van der Waals surface area contributed by atoms with Crippen LogP contribution in [0.4, 0.5) is 0 Å². The highest BCUT2D eigenvalue weighted by Gasteiger charge is 2.04. The highest BCUT2D eigenvalue weighted by Crippen LogP contribution is 2.16. The molecule has 100 valence electrons. The van der Waals surface area contributed by atoms with Gasteiger partial charge in [-0.05, 0) is 18.6 Å². The van der Waals surface area contributed by atoms with Crippen molar-refractivity contribution >= 4 is 28.6 Å². The minimum atomic E-state index is -0.222. The van der Waals surface area contributed by atoms with E-state index in [9.17, 15) is 9.59 Å². The van der Waals surface area contributed by atoms with E-state index < -0.39 is 0 Å². The molecule has 6 heteroatoms. The number of carbonyl (C=O) groups is 1. The van der Waals surface area contributed by atoms with Crippen LogP contribution < -0.4 is 5.56 Å². The van der Waals surface area contributed by atoms with E-state index in [-0.39, 0.29) is 11.5 Å². The highest BCUT2D eigenvalue weighted by molar-refractivity contribution is 7.99. The van der Waals surface area contributed by atoms with Gasteiger partial charge in [-0.3, -0.25) is 9.59 Å². The van der Waals surface area contributed by atoms with Gasteiger partial charge in [0.1, 0.15) is 0 Å². The number of H-pyrrole nitrogens is 1. The van der Waals surface area contributed by atoms with E-state index in [2.05, 4.69) is 14.7 Å². The second kappa shape index (κ2) is 6.38. The number of carbonyl (C=O) groups excluding carboxylic acids is 1. The molecule has 19 heavy (non-hydrogen) atoms. The van der Waals surface area contributed by atoms with Crippen LogP contribution in [0.1, 0.15) is 12.8 Å². The molecule has 5 nitrogen and oxygen atoms in total.